The lowest BCUT2D eigenvalue weighted by Crippen LogP contribution is -2.44. The van der Waals surface area contributed by atoms with E-state index < -0.39 is 0 Å². The van der Waals surface area contributed by atoms with E-state index in [2.05, 4.69) is 50.6 Å². The standard InChI is InChI=1S/C20H21N3O2S2/c1-24-14-7-8-17(25-2)15(13-14)21-20(26)23-11-10-22-9-3-5-16(22)19(23)18-6-4-12-27-18/h3-9,12-13,19H,10-11H2,1-2H3,(H,21,26)/t19-/m1/s1. The lowest BCUT2D eigenvalue weighted by molar-refractivity contribution is 0.296. The molecule has 0 aliphatic carbocycles. The second-order valence-corrected chi connectivity index (χ2v) is 7.60. The van der Waals surface area contributed by atoms with Crippen molar-refractivity contribution >= 4 is 34.4 Å². The van der Waals surface area contributed by atoms with Gasteiger partial charge in [-0.1, -0.05) is 6.07 Å². The fourth-order valence-corrected chi connectivity index (χ4v) is 4.60. The van der Waals surface area contributed by atoms with E-state index in [0.717, 1.165) is 30.3 Å². The molecule has 3 aromatic rings. The first-order valence-corrected chi connectivity index (χ1v) is 9.98. The third kappa shape index (κ3) is 3.40. The molecule has 2 aromatic heterocycles. The van der Waals surface area contributed by atoms with Crippen LogP contribution in [0.25, 0.3) is 0 Å². The van der Waals surface area contributed by atoms with E-state index in [-0.39, 0.29) is 6.04 Å². The van der Waals surface area contributed by atoms with Gasteiger partial charge in [-0.15, -0.1) is 11.3 Å². The van der Waals surface area contributed by atoms with Crippen LogP contribution in [0.1, 0.15) is 16.6 Å². The number of hydrogen-bond acceptors (Lipinski definition) is 4. The molecule has 5 nitrogen and oxygen atoms in total. The number of rotatable bonds is 4. The van der Waals surface area contributed by atoms with Gasteiger partial charge < -0.3 is 24.3 Å². The lowest BCUT2D eigenvalue weighted by Gasteiger charge is -2.38. The highest BCUT2D eigenvalue weighted by atomic mass is 32.1. The molecule has 0 saturated heterocycles. The molecule has 3 heterocycles. The summed E-state index contributed by atoms with van der Waals surface area (Å²) < 4.78 is 13.1. The molecule has 1 N–H and O–H groups in total. The van der Waals surface area contributed by atoms with E-state index in [0.29, 0.717) is 5.11 Å². The molecular weight excluding hydrogens is 378 g/mol. The van der Waals surface area contributed by atoms with Gasteiger partial charge in [-0.05, 0) is 47.9 Å². The number of aromatic nitrogens is 1. The molecule has 0 unspecified atom stereocenters. The maximum absolute atomic E-state index is 5.81. The van der Waals surface area contributed by atoms with E-state index in [4.69, 9.17) is 21.7 Å². The zero-order valence-corrected chi connectivity index (χ0v) is 16.8. The topological polar surface area (TPSA) is 38.7 Å². The third-order valence-corrected chi connectivity index (χ3v) is 6.02. The number of nitrogens with one attached hydrogen (secondary N) is 1. The van der Waals surface area contributed by atoms with Crippen molar-refractivity contribution in [2.75, 3.05) is 26.1 Å². The summed E-state index contributed by atoms with van der Waals surface area (Å²) in [5.74, 6) is 1.48. The van der Waals surface area contributed by atoms with Gasteiger partial charge in [0.25, 0.3) is 0 Å². The third-order valence-electron chi connectivity index (χ3n) is 4.76. The lowest BCUT2D eigenvalue weighted by atomic mass is 10.1. The summed E-state index contributed by atoms with van der Waals surface area (Å²) in [5, 5.41) is 6.15. The zero-order valence-electron chi connectivity index (χ0n) is 15.2. The van der Waals surface area contributed by atoms with Crippen LogP contribution < -0.4 is 14.8 Å². The highest BCUT2D eigenvalue weighted by molar-refractivity contribution is 7.80. The molecule has 4 rings (SSSR count). The quantitative estimate of drug-likeness (QED) is 0.660. The second kappa shape index (κ2) is 7.62. The normalized spacial score (nSPS) is 15.9. The molecule has 1 aliphatic rings. The molecule has 140 valence electrons. The maximum atomic E-state index is 5.81. The van der Waals surface area contributed by atoms with Gasteiger partial charge >= 0.3 is 0 Å². The van der Waals surface area contributed by atoms with E-state index in [1.807, 2.05) is 18.2 Å². The van der Waals surface area contributed by atoms with Crippen molar-refractivity contribution < 1.29 is 9.47 Å². The zero-order chi connectivity index (χ0) is 18.8. The summed E-state index contributed by atoms with van der Waals surface area (Å²) >= 11 is 7.56. The van der Waals surface area contributed by atoms with Crippen LogP contribution in [0.2, 0.25) is 0 Å². The summed E-state index contributed by atoms with van der Waals surface area (Å²) in [6.45, 7) is 1.74. The van der Waals surface area contributed by atoms with Crippen LogP contribution >= 0.6 is 23.6 Å². The van der Waals surface area contributed by atoms with Crippen molar-refractivity contribution in [1.82, 2.24) is 9.47 Å². The van der Waals surface area contributed by atoms with E-state index in [9.17, 15) is 0 Å². The molecular formula is C20H21N3O2S2. The Hall–Kier alpha value is -2.51. The molecule has 0 radical (unpaired) electrons. The summed E-state index contributed by atoms with van der Waals surface area (Å²) in [5.41, 5.74) is 2.05. The van der Waals surface area contributed by atoms with Crippen molar-refractivity contribution in [3.8, 4) is 11.5 Å². The fourth-order valence-electron chi connectivity index (χ4n) is 3.45. The van der Waals surface area contributed by atoms with Crippen LogP contribution in [0.5, 0.6) is 11.5 Å². The van der Waals surface area contributed by atoms with Gasteiger partial charge in [0.2, 0.25) is 0 Å². The number of thiophene rings is 1. The Bertz CT molecular complexity index is 937. The average molecular weight is 400 g/mol. The molecule has 27 heavy (non-hydrogen) atoms. The fraction of sp³-hybridized carbons (Fsp3) is 0.250. The predicted octanol–water partition coefficient (Wildman–Crippen LogP) is 4.37. The first-order chi connectivity index (χ1) is 13.2. The molecule has 0 amide bonds. The number of thiocarbonyl (C=S) groups is 1. The molecule has 0 saturated carbocycles. The summed E-state index contributed by atoms with van der Waals surface area (Å²) in [4.78, 5) is 3.52. The Kier molecular flexibility index (Phi) is 5.05. The summed E-state index contributed by atoms with van der Waals surface area (Å²) in [6, 6.07) is 14.3. The Morgan fingerprint density at radius 1 is 1.15 bits per heavy atom. The molecule has 1 aromatic carbocycles. The van der Waals surface area contributed by atoms with Crippen LogP contribution in [0.15, 0.2) is 54.0 Å². The highest BCUT2D eigenvalue weighted by Gasteiger charge is 2.31. The van der Waals surface area contributed by atoms with Crippen molar-refractivity contribution in [2.24, 2.45) is 0 Å². The Morgan fingerprint density at radius 3 is 2.78 bits per heavy atom. The Labute approximate surface area is 168 Å². The Morgan fingerprint density at radius 2 is 2.04 bits per heavy atom. The van der Waals surface area contributed by atoms with Gasteiger partial charge in [0.05, 0.1) is 19.9 Å². The maximum Gasteiger partial charge on any atom is 0.174 e. The number of benzene rings is 1. The molecule has 0 fully saturated rings. The minimum Gasteiger partial charge on any atom is -0.497 e. The number of nitrogens with zero attached hydrogens (tertiary/aromatic N) is 2. The molecule has 1 aliphatic heterocycles. The average Bonchev–Trinajstić information content (AvgIpc) is 3.38. The number of anilines is 1. The first kappa shape index (κ1) is 17.9. The van der Waals surface area contributed by atoms with Crippen LogP contribution in [0.4, 0.5) is 5.69 Å². The van der Waals surface area contributed by atoms with E-state index in [1.54, 1.807) is 25.6 Å². The van der Waals surface area contributed by atoms with Gasteiger partial charge in [-0.2, -0.15) is 0 Å². The van der Waals surface area contributed by atoms with Gasteiger partial charge in [0.15, 0.2) is 5.11 Å². The van der Waals surface area contributed by atoms with Crippen LogP contribution in [-0.2, 0) is 6.54 Å². The minimum absolute atomic E-state index is 0.102. The molecule has 0 spiro atoms. The number of ether oxygens (including phenoxy) is 2. The van der Waals surface area contributed by atoms with Crippen LogP contribution in [0, 0.1) is 0 Å². The molecule has 1 atom stereocenters. The second-order valence-electron chi connectivity index (χ2n) is 6.23. The van der Waals surface area contributed by atoms with E-state index in [1.165, 1.54) is 10.6 Å². The Balaban J connectivity index is 1.65. The first-order valence-electron chi connectivity index (χ1n) is 8.69. The SMILES string of the molecule is COc1ccc(OC)c(NC(=S)N2CCn3cccc3[C@@H]2c2cccs2)c1. The molecule has 7 heteroatoms. The number of hydrogen-bond donors (Lipinski definition) is 1. The van der Waals surface area contributed by atoms with Gasteiger partial charge in [0.1, 0.15) is 17.5 Å². The van der Waals surface area contributed by atoms with Gasteiger partial charge in [-0.25, -0.2) is 0 Å². The summed E-state index contributed by atoms with van der Waals surface area (Å²) in [6.07, 6.45) is 2.13. The minimum atomic E-state index is 0.102. The van der Waals surface area contributed by atoms with E-state index >= 15 is 0 Å². The summed E-state index contributed by atoms with van der Waals surface area (Å²) in [7, 11) is 3.30. The predicted molar refractivity (Wildman–Crippen MR) is 113 cm³/mol. The highest BCUT2D eigenvalue weighted by Crippen LogP contribution is 2.36. The van der Waals surface area contributed by atoms with Crippen LogP contribution in [0.3, 0.4) is 0 Å². The smallest absolute Gasteiger partial charge is 0.174 e. The number of fused-ring (bicyclic) bond motifs is 1. The van der Waals surface area contributed by atoms with Crippen molar-refractivity contribution in [1.29, 1.82) is 0 Å². The van der Waals surface area contributed by atoms with Crippen molar-refractivity contribution in [2.45, 2.75) is 12.6 Å². The number of methoxy groups -OCH3 is 2. The van der Waals surface area contributed by atoms with Gasteiger partial charge in [-0.3, -0.25) is 0 Å². The van der Waals surface area contributed by atoms with Crippen molar-refractivity contribution in [3.63, 3.8) is 0 Å². The monoisotopic (exact) mass is 399 g/mol. The van der Waals surface area contributed by atoms with Gasteiger partial charge in [0, 0.05) is 35.9 Å². The largest absolute Gasteiger partial charge is 0.497 e. The van der Waals surface area contributed by atoms with Crippen LogP contribution in [-0.4, -0.2) is 35.3 Å². The molecule has 0 bridgehead atoms. The van der Waals surface area contributed by atoms with Crippen molar-refractivity contribution in [3.05, 3.63) is 64.6 Å².